The molecule has 1 aliphatic rings. The number of nitrogens with zero attached hydrogens (tertiary/aromatic N) is 1. The topological polar surface area (TPSA) is 54.0 Å². The highest BCUT2D eigenvalue weighted by Crippen LogP contribution is 2.25. The van der Waals surface area contributed by atoms with E-state index in [2.05, 4.69) is 22.5 Å². The number of nitrogens with one attached hydrogen (secondary N) is 2. The van der Waals surface area contributed by atoms with Crippen molar-refractivity contribution in [2.24, 2.45) is 11.8 Å². The fraction of sp³-hybridized carbons (Fsp3) is 0.429. The zero-order valence-electron chi connectivity index (χ0n) is 11.1. The molecule has 0 unspecified atom stereocenters. The van der Waals surface area contributed by atoms with Gasteiger partial charge < -0.3 is 10.6 Å². The first-order valence-electron chi connectivity index (χ1n) is 6.52. The van der Waals surface area contributed by atoms with Gasteiger partial charge in [-0.1, -0.05) is 6.92 Å². The molecule has 4 nitrogen and oxygen atoms in total. The van der Waals surface area contributed by atoms with Crippen molar-refractivity contribution in [3.05, 3.63) is 23.2 Å². The van der Waals surface area contributed by atoms with Crippen molar-refractivity contribution < 1.29 is 4.79 Å². The predicted molar refractivity (Wildman–Crippen MR) is 78.5 cm³/mol. The van der Waals surface area contributed by atoms with Crippen molar-refractivity contribution in [3.8, 4) is 0 Å². The molecule has 2 aromatic rings. The minimum absolute atomic E-state index is 0.0684. The smallest absolute Gasteiger partial charge is 0.229 e. The second kappa shape index (κ2) is 4.90. The Morgan fingerprint density at radius 1 is 1.47 bits per heavy atom. The number of benzene rings is 1. The standard InChI is InChI=1S/C14H17N3OS/c1-8-6-15-7-11(8)14(18)17-10-3-4-12-13(5-10)19-9(2)16-12/h3-5,8,11,15H,6-7H2,1-2H3,(H,17,18)/t8-,11-/m1/s1. The van der Waals surface area contributed by atoms with Crippen molar-refractivity contribution in [3.63, 3.8) is 0 Å². The molecule has 0 saturated carbocycles. The SMILES string of the molecule is Cc1nc2ccc(NC(=O)[C@@H]3CNC[C@H]3C)cc2s1. The molecule has 1 aromatic carbocycles. The number of hydrogen-bond donors (Lipinski definition) is 2. The largest absolute Gasteiger partial charge is 0.326 e. The van der Waals surface area contributed by atoms with Gasteiger partial charge in [0.25, 0.3) is 0 Å². The monoisotopic (exact) mass is 275 g/mol. The third-order valence-electron chi connectivity index (χ3n) is 3.62. The summed E-state index contributed by atoms with van der Waals surface area (Å²) >= 11 is 1.65. The highest BCUT2D eigenvalue weighted by Gasteiger charge is 2.29. The van der Waals surface area contributed by atoms with Crippen LogP contribution in [0.25, 0.3) is 10.2 Å². The lowest BCUT2D eigenvalue weighted by Gasteiger charge is -2.14. The fourth-order valence-corrected chi connectivity index (χ4v) is 3.38. The summed E-state index contributed by atoms with van der Waals surface area (Å²) in [4.78, 5) is 16.6. The molecule has 1 amide bonds. The second-order valence-corrected chi connectivity index (χ2v) is 6.38. The molecule has 100 valence electrons. The van der Waals surface area contributed by atoms with E-state index in [4.69, 9.17) is 0 Å². The Morgan fingerprint density at radius 3 is 3.05 bits per heavy atom. The van der Waals surface area contributed by atoms with Gasteiger partial charge in [0.1, 0.15) is 0 Å². The summed E-state index contributed by atoms with van der Waals surface area (Å²) in [6.45, 7) is 5.80. The number of aryl methyl sites for hydroxylation is 1. The second-order valence-electron chi connectivity index (χ2n) is 5.15. The van der Waals surface area contributed by atoms with E-state index in [-0.39, 0.29) is 11.8 Å². The molecule has 19 heavy (non-hydrogen) atoms. The molecule has 3 rings (SSSR count). The number of thiazole rings is 1. The van der Waals surface area contributed by atoms with Gasteiger partial charge in [-0.25, -0.2) is 4.98 Å². The van der Waals surface area contributed by atoms with E-state index in [0.717, 1.165) is 34.0 Å². The summed E-state index contributed by atoms with van der Waals surface area (Å²) in [6.07, 6.45) is 0. The highest BCUT2D eigenvalue weighted by molar-refractivity contribution is 7.18. The maximum atomic E-state index is 12.2. The molecule has 5 heteroatoms. The van der Waals surface area contributed by atoms with Crippen LogP contribution in [-0.2, 0) is 4.79 Å². The van der Waals surface area contributed by atoms with Gasteiger partial charge in [0, 0.05) is 12.2 Å². The molecular weight excluding hydrogens is 258 g/mol. The van der Waals surface area contributed by atoms with Gasteiger partial charge in [-0.05, 0) is 37.6 Å². The number of fused-ring (bicyclic) bond motifs is 1. The molecular formula is C14H17N3OS. The van der Waals surface area contributed by atoms with E-state index in [9.17, 15) is 4.79 Å². The molecule has 2 heterocycles. The van der Waals surface area contributed by atoms with Crippen LogP contribution in [0.4, 0.5) is 5.69 Å². The van der Waals surface area contributed by atoms with E-state index in [0.29, 0.717) is 5.92 Å². The third-order valence-corrected chi connectivity index (χ3v) is 4.55. The quantitative estimate of drug-likeness (QED) is 0.885. The Balaban J connectivity index is 1.79. The zero-order valence-corrected chi connectivity index (χ0v) is 11.9. The van der Waals surface area contributed by atoms with Gasteiger partial charge in [0.05, 0.1) is 21.1 Å². The van der Waals surface area contributed by atoms with Crippen molar-refractivity contribution in [1.29, 1.82) is 0 Å². The molecule has 2 N–H and O–H groups in total. The van der Waals surface area contributed by atoms with Crippen LogP contribution in [0.1, 0.15) is 11.9 Å². The minimum atomic E-state index is 0.0684. The number of hydrogen-bond acceptors (Lipinski definition) is 4. The highest BCUT2D eigenvalue weighted by atomic mass is 32.1. The van der Waals surface area contributed by atoms with Crippen LogP contribution in [0.3, 0.4) is 0 Å². The molecule has 0 radical (unpaired) electrons. The van der Waals surface area contributed by atoms with Gasteiger partial charge in [0.2, 0.25) is 5.91 Å². The third kappa shape index (κ3) is 2.48. The number of aromatic nitrogens is 1. The van der Waals surface area contributed by atoms with Crippen LogP contribution in [0, 0.1) is 18.8 Å². The zero-order chi connectivity index (χ0) is 13.4. The van der Waals surface area contributed by atoms with Crippen molar-refractivity contribution in [2.75, 3.05) is 18.4 Å². The van der Waals surface area contributed by atoms with E-state index < -0.39 is 0 Å². The van der Waals surface area contributed by atoms with Crippen molar-refractivity contribution >= 4 is 33.1 Å². The Bertz CT molecular complexity index is 622. The maximum Gasteiger partial charge on any atom is 0.229 e. The van der Waals surface area contributed by atoms with Crippen LogP contribution in [0.15, 0.2) is 18.2 Å². The first-order valence-corrected chi connectivity index (χ1v) is 7.34. The first-order chi connectivity index (χ1) is 9.13. The molecule has 2 atom stereocenters. The summed E-state index contributed by atoms with van der Waals surface area (Å²) < 4.78 is 1.12. The molecule has 0 spiro atoms. The summed E-state index contributed by atoms with van der Waals surface area (Å²) in [5.41, 5.74) is 1.86. The van der Waals surface area contributed by atoms with Gasteiger partial charge in [-0.3, -0.25) is 4.79 Å². The molecule has 1 aromatic heterocycles. The molecule has 1 fully saturated rings. The Labute approximate surface area is 116 Å². The molecule has 0 aliphatic carbocycles. The maximum absolute atomic E-state index is 12.2. The Hall–Kier alpha value is -1.46. The molecule has 1 saturated heterocycles. The van der Waals surface area contributed by atoms with Gasteiger partial charge in [-0.15, -0.1) is 11.3 Å². The average molecular weight is 275 g/mol. The van der Waals surface area contributed by atoms with Crippen LogP contribution in [0.2, 0.25) is 0 Å². The van der Waals surface area contributed by atoms with Crippen molar-refractivity contribution in [2.45, 2.75) is 13.8 Å². The predicted octanol–water partition coefficient (Wildman–Crippen LogP) is 2.40. The van der Waals surface area contributed by atoms with E-state index in [1.165, 1.54) is 0 Å². The number of anilines is 1. The van der Waals surface area contributed by atoms with Gasteiger partial charge >= 0.3 is 0 Å². The summed E-state index contributed by atoms with van der Waals surface area (Å²) in [6, 6.07) is 5.89. The molecule has 1 aliphatic heterocycles. The Kier molecular flexibility index (Phi) is 3.24. The van der Waals surface area contributed by atoms with E-state index in [1.54, 1.807) is 11.3 Å². The lowest BCUT2D eigenvalue weighted by molar-refractivity contribution is -0.120. The summed E-state index contributed by atoms with van der Waals surface area (Å²) in [5, 5.41) is 7.32. The van der Waals surface area contributed by atoms with E-state index in [1.807, 2.05) is 25.1 Å². The van der Waals surface area contributed by atoms with Crippen LogP contribution < -0.4 is 10.6 Å². The minimum Gasteiger partial charge on any atom is -0.326 e. The summed E-state index contributed by atoms with van der Waals surface area (Å²) in [7, 11) is 0. The van der Waals surface area contributed by atoms with Crippen molar-refractivity contribution in [1.82, 2.24) is 10.3 Å². The lowest BCUT2D eigenvalue weighted by Crippen LogP contribution is -2.27. The average Bonchev–Trinajstić information content (AvgIpc) is 2.93. The number of carbonyl (C=O) groups excluding carboxylic acids is 1. The van der Waals surface area contributed by atoms with Crippen LogP contribution in [0.5, 0.6) is 0 Å². The fourth-order valence-electron chi connectivity index (χ4n) is 2.51. The Morgan fingerprint density at radius 2 is 2.32 bits per heavy atom. The van der Waals surface area contributed by atoms with Crippen LogP contribution >= 0.6 is 11.3 Å². The first kappa shape index (κ1) is 12.6. The molecule has 0 bridgehead atoms. The van der Waals surface area contributed by atoms with E-state index >= 15 is 0 Å². The lowest BCUT2D eigenvalue weighted by atomic mass is 9.97. The number of amides is 1. The summed E-state index contributed by atoms with van der Waals surface area (Å²) in [5.74, 6) is 0.575. The number of rotatable bonds is 2. The number of carbonyl (C=O) groups is 1. The normalized spacial score (nSPS) is 22.8. The van der Waals surface area contributed by atoms with Gasteiger partial charge in [-0.2, -0.15) is 0 Å². The van der Waals surface area contributed by atoms with Crippen LogP contribution in [-0.4, -0.2) is 24.0 Å². The van der Waals surface area contributed by atoms with Gasteiger partial charge in [0.15, 0.2) is 0 Å².